The zero-order valence-electron chi connectivity index (χ0n) is 17.0. The highest BCUT2D eigenvalue weighted by molar-refractivity contribution is 7.89. The average Bonchev–Trinajstić information content (AvgIpc) is 3.44. The largest absolute Gasteiger partial charge is 0.490 e. The lowest BCUT2D eigenvalue weighted by molar-refractivity contribution is -0.118. The van der Waals surface area contributed by atoms with Crippen LogP contribution in [0.2, 0.25) is 0 Å². The molecule has 1 aromatic carbocycles. The molecule has 30 heavy (non-hydrogen) atoms. The minimum atomic E-state index is -3.52. The van der Waals surface area contributed by atoms with Crippen molar-refractivity contribution in [3.8, 4) is 5.75 Å². The molecule has 3 rings (SSSR count). The highest BCUT2D eigenvalue weighted by Crippen LogP contribution is 2.31. The van der Waals surface area contributed by atoms with Gasteiger partial charge in [0.25, 0.3) is 0 Å². The van der Waals surface area contributed by atoms with Gasteiger partial charge in [0.1, 0.15) is 6.54 Å². The summed E-state index contributed by atoms with van der Waals surface area (Å²) in [7, 11) is -3.52. The zero-order valence-corrected chi connectivity index (χ0v) is 17.8. The fraction of sp³-hybridized carbons (Fsp3) is 0.600. The van der Waals surface area contributed by atoms with E-state index < -0.39 is 27.9 Å². The standard InChI is InChI=1S/C20H28FN3O5S/c1-14(16-7-8-17(21)18(11-16)29-13-15-5-6-15)23-30(27,28)10-4-2-3-9-24-12-19(25)22-20(24)26/h7-8,11,14-15,23H,2-6,9-10,12-13H2,1H3,(H,22,25,26)/t14-/m0/s1. The number of nitrogens with one attached hydrogen (secondary N) is 2. The van der Waals surface area contributed by atoms with Gasteiger partial charge in [-0.3, -0.25) is 10.1 Å². The summed E-state index contributed by atoms with van der Waals surface area (Å²) in [5.74, 6) is -0.181. The molecule has 166 valence electrons. The average molecular weight is 442 g/mol. The predicted octanol–water partition coefficient (Wildman–Crippen LogP) is 2.32. The third kappa shape index (κ3) is 6.66. The first-order valence-corrected chi connectivity index (χ1v) is 11.9. The van der Waals surface area contributed by atoms with Gasteiger partial charge in [0.05, 0.1) is 12.4 Å². The van der Waals surface area contributed by atoms with Crippen molar-refractivity contribution in [3.05, 3.63) is 29.6 Å². The molecule has 2 fully saturated rings. The van der Waals surface area contributed by atoms with Crippen LogP contribution in [-0.2, 0) is 14.8 Å². The molecule has 2 aliphatic rings. The molecular weight excluding hydrogens is 413 g/mol. The second-order valence-electron chi connectivity index (χ2n) is 7.94. The molecule has 1 aliphatic carbocycles. The first-order valence-electron chi connectivity index (χ1n) is 10.2. The Morgan fingerprint density at radius 3 is 2.70 bits per heavy atom. The number of ether oxygens (including phenoxy) is 1. The van der Waals surface area contributed by atoms with Crippen LogP contribution in [-0.4, -0.2) is 50.7 Å². The van der Waals surface area contributed by atoms with Gasteiger partial charge in [0, 0.05) is 12.6 Å². The van der Waals surface area contributed by atoms with Crippen molar-refractivity contribution in [2.75, 3.05) is 25.4 Å². The van der Waals surface area contributed by atoms with Crippen molar-refractivity contribution in [2.24, 2.45) is 5.92 Å². The van der Waals surface area contributed by atoms with Gasteiger partial charge in [-0.1, -0.05) is 12.5 Å². The number of urea groups is 1. The van der Waals surface area contributed by atoms with Crippen molar-refractivity contribution in [1.82, 2.24) is 14.9 Å². The number of carbonyl (C=O) groups excluding carboxylic acids is 2. The van der Waals surface area contributed by atoms with Gasteiger partial charge in [-0.15, -0.1) is 0 Å². The van der Waals surface area contributed by atoms with Gasteiger partial charge in [0.15, 0.2) is 11.6 Å². The number of halogens is 1. The monoisotopic (exact) mass is 441 g/mol. The van der Waals surface area contributed by atoms with Crippen LogP contribution in [0, 0.1) is 11.7 Å². The van der Waals surface area contributed by atoms with Crippen LogP contribution in [0.15, 0.2) is 18.2 Å². The molecule has 1 heterocycles. The molecule has 1 aliphatic heterocycles. The fourth-order valence-corrected chi connectivity index (χ4v) is 4.60. The number of rotatable bonds is 12. The first kappa shape index (κ1) is 22.5. The number of carbonyl (C=O) groups is 2. The van der Waals surface area contributed by atoms with E-state index in [2.05, 4.69) is 10.0 Å². The topological polar surface area (TPSA) is 105 Å². The molecule has 0 bridgehead atoms. The summed E-state index contributed by atoms with van der Waals surface area (Å²) >= 11 is 0. The Balaban J connectivity index is 1.42. The summed E-state index contributed by atoms with van der Waals surface area (Å²) in [6.45, 7) is 2.66. The molecule has 0 aromatic heterocycles. The van der Waals surface area contributed by atoms with Crippen molar-refractivity contribution >= 4 is 22.0 Å². The van der Waals surface area contributed by atoms with Gasteiger partial charge in [-0.2, -0.15) is 0 Å². The number of hydrogen-bond donors (Lipinski definition) is 2. The number of sulfonamides is 1. The van der Waals surface area contributed by atoms with Crippen molar-refractivity contribution in [3.63, 3.8) is 0 Å². The van der Waals surface area contributed by atoms with E-state index in [1.807, 2.05) is 0 Å². The van der Waals surface area contributed by atoms with E-state index in [0.717, 1.165) is 12.8 Å². The lowest BCUT2D eigenvalue weighted by Crippen LogP contribution is -2.30. The summed E-state index contributed by atoms with van der Waals surface area (Å²) in [6.07, 6.45) is 3.86. The van der Waals surface area contributed by atoms with Crippen LogP contribution in [0.3, 0.4) is 0 Å². The summed E-state index contributed by atoms with van der Waals surface area (Å²) in [4.78, 5) is 24.0. The summed E-state index contributed by atoms with van der Waals surface area (Å²) in [5, 5.41) is 2.20. The van der Waals surface area contributed by atoms with E-state index >= 15 is 0 Å². The minimum Gasteiger partial charge on any atom is -0.490 e. The molecule has 1 aromatic rings. The number of amides is 3. The normalized spacial score (nSPS) is 17.9. The van der Waals surface area contributed by atoms with Gasteiger partial charge in [-0.25, -0.2) is 22.3 Å². The van der Waals surface area contributed by atoms with Crippen molar-refractivity contribution in [1.29, 1.82) is 0 Å². The summed E-state index contributed by atoms with van der Waals surface area (Å²) < 4.78 is 46.8. The molecule has 10 heteroatoms. The maximum absolute atomic E-state index is 13.9. The minimum absolute atomic E-state index is 0.0469. The van der Waals surface area contributed by atoms with Gasteiger partial charge < -0.3 is 9.64 Å². The van der Waals surface area contributed by atoms with Crippen LogP contribution in [0.4, 0.5) is 9.18 Å². The lowest BCUT2D eigenvalue weighted by atomic mass is 10.1. The Hall–Kier alpha value is -2.20. The summed E-state index contributed by atoms with van der Waals surface area (Å²) in [5.41, 5.74) is 0.635. The maximum Gasteiger partial charge on any atom is 0.324 e. The van der Waals surface area contributed by atoms with Crippen molar-refractivity contribution in [2.45, 2.75) is 45.1 Å². The zero-order chi connectivity index (χ0) is 21.7. The van der Waals surface area contributed by atoms with Gasteiger partial charge in [0.2, 0.25) is 15.9 Å². The van der Waals surface area contributed by atoms with Crippen LogP contribution in [0.5, 0.6) is 5.75 Å². The molecule has 0 spiro atoms. The second kappa shape index (κ2) is 9.74. The molecule has 3 amide bonds. The smallest absolute Gasteiger partial charge is 0.324 e. The highest BCUT2D eigenvalue weighted by atomic mass is 32.2. The van der Waals surface area contributed by atoms with Crippen LogP contribution >= 0.6 is 0 Å². The van der Waals surface area contributed by atoms with Crippen LogP contribution < -0.4 is 14.8 Å². The Morgan fingerprint density at radius 1 is 1.27 bits per heavy atom. The molecular formula is C20H28FN3O5S. The first-order chi connectivity index (χ1) is 14.2. The predicted molar refractivity (Wildman–Crippen MR) is 109 cm³/mol. The van der Waals surface area contributed by atoms with E-state index in [1.54, 1.807) is 19.1 Å². The quantitative estimate of drug-likeness (QED) is 0.383. The third-order valence-corrected chi connectivity index (χ3v) is 6.73. The fourth-order valence-electron chi connectivity index (χ4n) is 3.22. The van der Waals surface area contributed by atoms with E-state index in [-0.39, 0.29) is 24.0 Å². The number of unbranched alkanes of at least 4 members (excludes halogenated alkanes) is 2. The SMILES string of the molecule is C[C@H](NS(=O)(=O)CCCCCN1CC(=O)NC1=O)c1ccc(F)c(OCC2CC2)c1. The van der Waals surface area contributed by atoms with Crippen LogP contribution in [0.1, 0.15) is 50.6 Å². The highest BCUT2D eigenvalue weighted by Gasteiger charge is 2.26. The Bertz CT molecular complexity index is 888. The molecule has 8 nitrogen and oxygen atoms in total. The van der Waals surface area contributed by atoms with E-state index in [9.17, 15) is 22.4 Å². The van der Waals surface area contributed by atoms with Crippen molar-refractivity contribution < 1.29 is 27.1 Å². The lowest BCUT2D eigenvalue weighted by Gasteiger charge is -2.16. The number of hydrogen-bond acceptors (Lipinski definition) is 5. The van der Waals surface area contributed by atoms with Crippen LogP contribution in [0.25, 0.3) is 0 Å². The number of nitrogens with zero attached hydrogens (tertiary/aromatic N) is 1. The summed E-state index contributed by atoms with van der Waals surface area (Å²) in [6, 6.07) is 3.48. The number of benzene rings is 1. The van der Waals surface area contributed by atoms with E-state index in [1.165, 1.54) is 11.0 Å². The molecule has 0 radical (unpaired) electrons. The van der Waals surface area contributed by atoms with E-state index in [4.69, 9.17) is 4.74 Å². The maximum atomic E-state index is 13.9. The van der Waals surface area contributed by atoms with Gasteiger partial charge >= 0.3 is 6.03 Å². The number of imide groups is 1. The van der Waals surface area contributed by atoms with E-state index in [0.29, 0.717) is 43.9 Å². The Kier molecular flexibility index (Phi) is 7.30. The molecule has 2 N–H and O–H groups in total. The second-order valence-corrected chi connectivity index (χ2v) is 9.81. The molecule has 1 saturated carbocycles. The van der Waals surface area contributed by atoms with Gasteiger partial charge in [-0.05, 0) is 56.2 Å². The Labute approximate surface area is 176 Å². The molecule has 1 atom stereocenters. The molecule has 1 saturated heterocycles. The third-order valence-electron chi connectivity index (χ3n) is 5.19. The molecule has 0 unspecified atom stereocenters. The Morgan fingerprint density at radius 2 is 2.03 bits per heavy atom.